The van der Waals surface area contributed by atoms with Crippen molar-refractivity contribution in [3.63, 3.8) is 0 Å². The van der Waals surface area contributed by atoms with E-state index in [1.54, 1.807) is 6.07 Å². The van der Waals surface area contributed by atoms with Crippen LogP contribution in [0.2, 0.25) is 0 Å². The van der Waals surface area contributed by atoms with E-state index in [9.17, 15) is 14.7 Å². The first-order valence-electron chi connectivity index (χ1n) is 7.57. The van der Waals surface area contributed by atoms with Crippen molar-refractivity contribution in [3.8, 4) is 0 Å². The van der Waals surface area contributed by atoms with Crippen molar-refractivity contribution in [2.45, 2.75) is 19.0 Å². The Morgan fingerprint density at radius 2 is 2.08 bits per heavy atom. The Morgan fingerprint density at radius 3 is 2.83 bits per heavy atom. The van der Waals surface area contributed by atoms with Crippen LogP contribution in [0.4, 0.5) is 0 Å². The maximum atomic E-state index is 12.3. The van der Waals surface area contributed by atoms with Gasteiger partial charge in [-0.3, -0.25) is 14.2 Å². The number of nitrogens with zero attached hydrogens (tertiary/aromatic N) is 2. The molecule has 1 atom stereocenters. The molecule has 1 aromatic carbocycles. The molecule has 0 bridgehead atoms. The van der Waals surface area contributed by atoms with Crippen molar-refractivity contribution in [3.05, 3.63) is 64.0 Å². The summed E-state index contributed by atoms with van der Waals surface area (Å²) in [6, 6.07) is 10.6. The summed E-state index contributed by atoms with van der Waals surface area (Å²) in [5, 5.41) is 14.6. The Balaban J connectivity index is 1.64. The summed E-state index contributed by atoms with van der Waals surface area (Å²) >= 11 is 1.41. The largest absolute Gasteiger partial charge is 0.394 e. The molecule has 0 aliphatic rings. The molecule has 3 aromatic rings. The van der Waals surface area contributed by atoms with Crippen molar-refractivity contribution in [2.75, 3.05) is 6.61 Å². The van der Waals surface area contributed by atoms with E-state index >= 15 is 0 Å². The molecule has 0 radical (unpaired) electrons. The maximum Gasteiger partial charge on any atom is 0.262 e. The number of carbonyl (C=O) groups is 1. The molecule has 2 N–H and O–H groups in total. The van der Waals surface area contributed by atoms with Crippen LogP contribution in [0.3, 0.4) is 0 Å². The summed E-state index contributed by atoms with van der Waals surface area (Å²) in [6.45, 7) is 0.0640. The average Bonchev–Trinajstić information content (AvgIpc) is 3.09. The Labute approximate surface area is 142 Å². The van der Waals surface area contributed by atoms with Gasteiger partial charge in [-0.1, -0.05) is 30.3 Å². The van der Waals surface area contributed by atoms with E-state index in [1.807, 2.05) is 35.7 Å². The van der Waals surface area contributed by atoms with E-state index in [1.165, 1.54) is 22.2 Å². The molecular formula is C17H17N3O3S. The van der Waals surface area contributed by atoms with E-state index < -0.39 is 6.04 Å². The summed E-state index contributed by atoms with van der Waals surface area (Å²) in [5.74, 6) is -0.227. The number of nitrogens with one attached hydrogen (secondary N) is 1. The topological polar surface area (TPSA) is 84.2 Å². The number of rotatable bonds is 6. The van der Waals surface area contributed by atoms with E-state index in [4.69, 9.17) is 0 Å². The minimum Gasteiger partial charge on any atom is -0.394 e. The fraction of sp³-hybridized carbons (Fsp3) is 0.235. The van der Waals surface area contributed by atoms with Crippen molar-refractivity contribution < 1.29 is 9.90 Å². The fourth-order valence-corrected chi connectivity index (χ4v) is 3.18. The highest BCUT2D eigenvalue weighted by molar-refractivity contribution is 7.16. The number of aryl methyl sites for hydroxylation is 1. The molecule has 6 nitrogen and oxygen atoms in total. The highest BCUT2D eigenvalue weighted by Crippen LogP contribution is 2.14. The first-order chi connectivity index (χ1) is 11.7. The number of hydrogen-bond donors (Lipinski definition) is 2. The summed E-state index contributed by atoms with van der Waals surface area (Å²) < 4.78 is 1.44. The Kier molecular flexibility index (Phi) is 5.02. The lowest BCUT2D eigenvalue weighted by Gasteiger charge is -2.16. The Morgan fingerprint density at radius 1 is 1.29 bits per heavy atom. The zero-order valence-electron chi connectivity index (χ0n) is 12.9. The lowest BCUT2D eigenvalue weighted by Crippen LogP contribution is -2.32. The van der Waals surface area contributed by atoms with Crippen LogP contribution in [0, 0.1) is 0 Å². The molecule has 3 rings (SSSR count). The molecule has 0 saturated heterocycles. The van der Waals surface area contributed by atoms with Gasteiger partial charge >= 0.3 is 0 Å². The molecule has 2 aromatic heterocycles. The summed E-state index contributed by atoms with van der Waals surface area (Å²) in [4.78, 5) is 29.3. The Bertz CT molecular complexity index is 889. The minimum atomic E-state index is -0.451. The van der Waals surface area contributed by atoms with Gasteiger partial charge in [0.05, 0.1) is 24.4 Å². The highest BCUT2D eigenvalue weighted by Gasteiger charge is 2.14. The van der Waals surface area contributed by atoms with Gasteiger partial charge in [-0.15, -0.1) is 11.3 Å². The average molecular weight is 343 g/mol. The molecule has 1 unspecified atom stereocenters. The molecule has 1 amide bonds. The predicted octanol–water partition coefficient (Wildman–Crippen LogP) is 1.70. The quantitative estimate of drug-likeness (QED) is 0.713. The van der Waals surface area contributed by atoms with Gasteiger partial charge in [0.25, 0.3) is 5.56 Å². The van der Waals surface area contributed by atoms with Crippen molar-refractivity contribution in [1.29, 1.82) is 0 Å². The van der Waals surface area contributed by atoms with Crippen molar-refractivity contribution in [1.82, 2.24) is 14.9 Å². The summed E-state index contributed by atoms with van der Waals surface area (Å²) in [6.07, 6.45) is 1.61. The summed E-state index contributed by atoms with van der Waals surface area (Å²) in [5.41, 5.74) is 0.697. The highest BCUT2D eigenvalue weighted by atomic mass is 32.1. The second-order valence-electron chi connectivity index (χ2n) is 5.35. The third-order valence-corrected chi connectivity index (χ3v) is 4.57. The first kappa shape index (κ1) is 16.4. The van der Waals surface area contributed by atoms with E-state index in [0.29, 0.717) is 10.2 Å². The van der Waals surface area contributed by atoms with Crippen LogP contribution in [0.25, 0.3) is 10.2 Å². The van der Waals surface area contributed by atoms with Gasteiger partial charge in [-0.05, 0) is 17.0 Å². The lowest BCUT2D eigenvalue weighted by molar-refractivity contribution is -0.122. The molecule has 0 saturated carbocycles. The number of benzene rings is 1. The van der Waals surface area contributed by atoms with Gasteiger partial charge in [-0.2, -0.15) is 0 Å². The van der Waals surface area contributed by atoms with Crippen LogP contribution in [0.1, 0.15) is 18.0 Å². The number of aromatic nitrogens is 2. The zero-order valence-corrected chi connectivity index (χ0v) is 13.7. The molecule has 124 valence electrons. The van der Waals surface area contributed by atoms with Gasteiger partial charge in [0.2, 0.25) is 5.91 Å². The van der Waals surface area contributed by atoms with Crippen LogP contribution in [0.5, 0.6) is 0 Å². The van der Waals surface area contributed by atoms with Gasteiger partial charge < -0.3 is 10.4 Å². The van der Waals surface area contributed by atoms with Crippen LogP contribution < -0.4 is 10.9 Å². The van der Waals surface area contributed by atoms with Crippen LogP contribution in [-0.4, -0.2) is 27.2 Å². The van der Waals surface area contributed by atoms with Crippen LogP contribution in [-0.2, 0) is 11.3 Å². The van der Waals surface area contributed by atoms with Gasteiger partial charge in [-0.25, -0.2) is 4.98 Å². The molecule has 7 heteroatoms. The first-order valence-corrected chi connectivity index (χ1v) is 8.45. The third kappa shape index (κ3) is 3.52. The molecule has 0 spiro atoms. The SMILES string of the molecule is O=C(CCn1cnc2sccc2c1=O)NC(CO)c1ccccc1. The normalized spacial score (nSPS) is 12.2. The lowest BCUT2D eigenvalue weighted by atomic mass is 10.1. The van der Waals surface area contributed by atoms with Crippen molar-refractivity contribution in [2.24, 2.45) is 0 Å². The van der Waals surface area contributed by atoms with E-state index in [0.717, 1.165) is 5.56 Å². The number of amides is 1. The number of thiophene rings is 1. The smallest absolute Gasteiger partial charge is 0.262 e. The predicted molar refractivity (Wildman–Crippen MR) is 92.9 cm³/mol. The number of aliphatic hydroxyl groups excluding tert-OH is 1. The second-order valence-corrected chi connectivity index (χ2v) is 6.24. The number of carbonyl (C=O) groups excluding carboxylic acids is 1. The second kappa shape index (κ2) is 7.37. The van der Waals surface area contributed by atoms with Gasteiger partial charge in [0.1, 0.15) is 4.83 Å². The molecule has 0 fully saturated rings. The van der Waals surface area contributed by atoms with Gasteiger partial charge in [0.15, 0.2) is 0 Å². The molecule has 0 aliphatic carbocycles. The third-order valence-electron chi connectivity index (χ3n) is 3.75. The van der Waals surface area contributed by atoms with E-state index in [-0.39, 0.29) is 31.0 Å². The number of hydrogen-bond acceptors (Lipinski definition) is 5. The number of fused-ring (bicyclic) bond motifs is 1. The number of aliphatic hydroxyl groups is 1. The maximum absolute atomic E-state index is 12.3. The molecule has 24 heavy (non-hydrogen) atoms. The zero-order chi connectivity index (χ0) is 16.9. The monoisotopic (exact) mass is 343 g/mol. The molecule has 0 aliphatic heterocycles. The Hall–Kier alpha value is -2.51. The van der Waals surface area contributed by atoms with Gasteiger partial charge in [0, 0.05) is 13.0 Å². The molecular weight excluding hydrogens is 326 g/mol. The van der Waals surface area contributed by atoms with Crippen molar-refractivity contribution >= 4 is 27.5 Å². The van der Waals surface area contributed by atoms with Crippen LogP contribution in [0.15, 0.2) is 52.9 Å². The summed E-state index contributed by atoms with van der Waals surface area (Å²) in [7, 11) is 0. The van der Waals surface area contributed by atoms with E-state index in [2.05, 4.69) is 10.3 Å². The standard InChI is InChI=1S/C17H17N3O3S/c21-10-14(12-4-2-1-3-5-12)19-15(22)6-8-20-11-18-16-13(17(20)23)7-9-24-16/h1-5,7,9,11,14,21H,6,8,10H2,(H,19,22). The molecule has 2 heterocycles. The minimum absolute atomic E-state index is 0.139. The van der Waals surface area contributed by atoms with Crippen LogP contribution >= 0.6 is 11.3 Å². The fourth-order valence-electron chi connectivity index (χ4n) is 2.46.